The maximum Gasteiger partial charge on any atom is 0.159 e. The molecule has 0 radical (unpaired) electrons. The van der Waals surface area contributed by atoms with Gasteiger partial charge in [0.1, 0.15) is 5.75 Å². The molecular weight excluding hydrogens is 344 g/mol. The summed E-state index contributed by atoms with van der Waals surface area (Å²) in [7, 11) is 3.36. The number of methoxy groups -OCH3 is 2. The normalized spacial score (nSPS) is 21.7. The highest BCUT2D eigenvalue weighted by molar-refractivity contribution is 9.09. The van der Waals surface area contributed by atoms with Gasteiger partial charge in [-0.1, -0.05) is 28.1 Å². The first kappa shape index (κ1) is 17.2. The van der Waals surface area contributed by atoms with Gasteiger partial charge in [0.25, 0.3) is 0 Å². The maximum absolute atomic E-state index is 12.4. The molecule has 0 spiro atoms. The highest BCUT2D eigenvalue weighted by Gasteiger charge is 2.38. The van der Waals surface area contributed by atoms with Gasteiger partial charge in [-0.3, -0.25) is 4.79 Å². The quantitative estimate of drug-likeness (QED) is 0.730. The van der Waals surface area contributed by atoms with Gasteiger partial charge in [0.15, 0.2) is 5.78 Å². The molecule has 1 aliphatic rings. The van der Waals surface area contributed by atoms with Crippen LogP contribution in [0.5, 0.6) is 5.75 Å². The van der Waals surface area contributed by atoms with Crippen LogP contribution in [0, 0.1) is 5.92 Å². The molecule has 2 rings (SSSR count). The van der Waals surface area contributed by atoms with Crippen LogP contribution in [0.1, 0.15) is 32.3 Å². The van der Waals surface area contributed by atoms with E-state index in [2.05, 4.69) is 22.9 Å². The van der Waals surface area contributed by atoms with Crippen molar-refractivity contribution in [3.8, 4) is 5.75 Å². The number of ketones is 1. The average molecular weight is 367 g/mol. The van der Waals surface area contributed by atoms with E-state index >= 15 is 0 Å². The fourth-order valence-electron chi connectivity index (χ4n) is 2.91. The molecule has 1 aliphatic carbocycles. The Morgan fingerprint density at radius 2 is 1.86 bits per heavy atom. The van der Waals surface area contributed by atoms with E-state index in [1.807, 2.05) is 31.2 Å². The lowest BCUT2D eigenvalue weighted by molar-refractivity contribution is -0.119. The van der Waals surface area contributed by atoms with E-state index in [9.17, 15) is 4.79 Å². The number of alkyl halides is 1. The number of ether oxygens (including phenoxy) is 2. The lowest BCUT2D eigenvalue weighted by Crippen LogP contribution is -2.41. The van der Waals surface area contributed by atoms with Crippen molar-refractivity contribution in [1.29, 1.82) is 0 Å². The van der Waals surface area contributed by atoms with Crippen LogP contribution < -0.4 is 4.74 Å². The molecule has 0 amide bonds. The van der Waals surface area contributed by atoms with Crippen LogP contribution in [0.3, 0.4) is 0 Å². The first-order valence-corrected chi connectivity index (χ1v) is 8.55. The Morgan fingerprint density at radius 3 is 2.36 bits per heavy atom. The topological polar surface area (TPSA) is 35.5 Å². The molecule has 2 atom stereocenters. The number of carbonyl (C=O) groups is 1. The molecule has 0 fully saturated rings. The van der Waals surface area contributed by atoms with E-state index in [1.54, 1.807) is 14.2 Å². The first-order chi connectivity index (χ1) is 10.4. The summed E-state index contributed by atoms with van der Waals surface area (Å²) in [5.74, 6) is 1.21. The Morgan fingerprint density at radius 1 is 1.23 bits per heavy atom. The monoisotopic (exact) mass is 366 g/mol. The smallest absolute Gasteiger partial charge is 0.159 e. The Hall–Kier alpha value is -1.13. The van der Waals surface area contributed by atoms with Crippen molar-refractivity contribution < 1.29 is 14.3 Å². The SMILES string of the molecule is COc1ccc(C2=C(C)C(=O)C[C@H](C(C)(CBr)OC)C2)cc1. The van der Waals surface area contributed by atoms with Crippen molar-refractivity contribution in [3.05, 3.63) is 35.4 Å². The molecule has 0 aromatic heterocycles. The minimum absolute atomic E-state index is 0.171. The van der Waals surface area contributed by atoms with Crippen molar-refractivity contribution in [2.45, 2.75) is 32.3 Å². The second kappa shape index (κ2) is 6.97. The molecule has 0 heterocycles. The van der Waals surface area contributed by atoms with Gasteiger partial charge < -0.3 is 9.47 Å². The molecule has 3 nitrogen and oxygen atoms in total. The molecule has 0 aliphatic heterocycles. The van der Waals surface area contributed by atoms with E-state index in [4.69, 9.17) is 9.47 Å². The van der Waals surface area contributed by atoms with E-state index in [1.165, 1.54) is 0 Å². The Labute approximate surface area is 140 Å². The van der Waals surface area contributed by atoms with Crippen molar-refractivity contribution in [1.82, 2.24) is 0 Å². The van der Waals surface area contributed by atoms with Crippen LogP contribution >= 0.6 is 15.9 Å². The molecule has 0 N–H and O–H groups in total. The number of Topliss-reactive ketones (excluding diaryl/α,β-unsaturated/α-hetero) is 1. The van der Waals surface area contributed by atoms with Gasteiger partial charge in [0.05, 0.1) is 12.7 Å². The molecule has 4 heteroatoms. The second-order valence-corrected chi connectivity index (χ2v) is 6.57. The molecule has 120 valence electrons. The highest BCUT2D eigenvalue weighted by Crippen LogP contribution is 2.41. The van der Waals surface area contributed by atoms with Gasteiger partial charge in [-0.25, -0.2) is 0 Å². The molecular formula is C18H23BrO3. The summed E-state index contributed by atoms with van der Waals surface area (Å²) in [6.07, 6.45) is 1.39. The summed E-state index contributed by atoms with van der Waals surface area (Å²) in [6, 6.07) is 7.91. The standard InChI is InChI=1S/C18H23BrO3/c1-12-16(13-5-7-15(21-3)8-6-13)9-14(10-17(12)20)18(2,11-19)22-4/h5-8,14H,9-11H2,1-4H3/t14-,18?/m1/s1. The van der Waals surface area contributed by atoms with Crippen LogP contribution in [0.2, 0.25) is 0 Å². The van der Waals surface area contributed by atoms with Crippen LogP contribution in [0.4, 0.5) is 0 Å². The number of hydrogen-bond acceptors (Lipinski definition) is 3. The highest BCUT2D eigenvalue weighted by atomic mass is 79.9. The number of hydrogen-bond donors (Lipinski definition) is 0. The summed E-state index contributed by atoms with van der Waals surface area (Å²) in [5, 5.41) is 0.712. The average Bonchev–Trinajstić information content (AvgIpc) is 2.56. The predicted molar refractivity (Wildman–Crippen MR) is 92.5 cm³/mol. The molecule has 1 unspecified atom stereocenters. The molecule has 0 saturated carbocycles. The summed E-state index contributed by atoms with van der Waals surface area (Å²) in [4.78, 5) is 12.4. The number of carbonyl (C=O) groups excluding carboxylic acids is 1. The van der Waals surface area contributed by atoms with E-state index in [0.29, 0.717) is 11.8 Å². The van der Waals surface area contributed by atoms with Gasteiger partial charge in [-0.15, -0.1) is 0 Å². The van der Waals surface area contributed by atoms with Crippen LogP contribution in [-0.2, 0) is 9.53 Å². The molecule has 1 aromatic rings. The van der Waals surface area contributed by atoms with Gasteiger partial charge >= 0.3 is 0 Å². The number of rotatable bonds is 5. The number of halogens is 1. The zero-order valence-electron chi connectivity index (χ0n) is 13.6. The minimum Gasteiger partial charge on any atom is -0.497 e. The summed E-state index contributed by atoms with van der Waals surface area (Å²) in [6.45, 7) is 3.99. The third kappa shape index (κ3) is 3.28. The van der Waals surface area contributed by atoms with Crippen molar-refractivity contribution in [2.24, 2.45) is 5.92 Å². The fraction of sp³-hybridized carbons (Fsp3) is 0.500. The van der Waals surface area contributed by atoms with Crippen molar-refractivity contribution in [3.63, 3.8) is 0 Å². The lowest BCUT2D eigenvalue weighted by Gasteiger charge is -2.38. The van der Waals surface area contributed by atoms with Gasteiger partial charge in [-0.2, -0.15) is 0 Å². The summed E-state index contributed by atoms with van der Waals surface area (Å²) >= 11 is 3.53. The third-order valence-electron chi connectivity index (χ3n) is 4.79. The predicted octanol–water partition coefficient (Wildman–Crippen LogP) is 4.25. The van der Waals surface area contributed by atoms with Gasteiger partial charge in [0.2, 0.25) is 0 Å². The van der Waals surface area contributed by atoms with Gasteiger partial charge in [-0.05, 0) is 55.0 Å². The van der Waals surface area contributed by atoms with E-state index < -0.39 is 0 Å². The molecule has 0 bridgehead atoms. The molecule has 22 heavy (non-hydrogen) atoms. The van der Waals surface area contributed by atoms with Gasteiger partial charge in [0, 0.05) is 18.9 Å². The molecule has 0 saturated heterocycles. The zero-order valence-corrected chi connectivity index (χ0v) is 15.2. The summed E-state index contributed by atoms with van der Waals surface area (Å²) < 4.78 is 10.9. The van der Waals surface area contributed by atoms with E-state index in [-0.39, 0.29) is 17.3 Å². The largest absolute Gasteiger partial charge is 0.497 e. The zero-order chi connectivity index (χ0) is 16.3. The Kier molecular flexibility index (Phi) is 5.45. The summed E-state index contributed by atoms with van der Waals surface area (Å²) in [5.41, 5.74) is 2.74. The lowest BCUT2D eigenvalue weighted by atomic mass is 9.74. The van der Waals surface area contributed by atoms with Crippen molar-refractivity contribution >= 4 is 27.3 Å². The van der Waals surface area contributed by atoms with Crippen LogP contribution in [0.25, 0.3) is 5.57 Å². The van der Waals surface area contributed by atoms with Crippen LogP contribution in [-0.4, -0.2) is 30.9 Å². The van der Waals surface area contributed by atoms with Crippen molar-refractivity contribution in [2.75, 3.05) is 19.5 Å². The number of benzene rings is 1. The van der Waals surface area contributed by atoms with E-state index in [0.717, 1.165) is 28.9 Å². The molecule has 1 aromatic carbocycles. The first-order valence-electron chi connectivity index (χ1n) is 7.43. The van der Waals surface area contributed by atoms with Crippen LogP contribution in [0.15, 0.2) is 29.8 Å². The maximum atomic E-state index is 12.4. The minimum atomic E-state index is -0.339. The number of allylic oxidation sites excluding steroid dienone is 2. The second-order valence-electron chi connectivity index (χ2n) is 6.01. The fourth-order valence-corrected chi connectivity index (χ4v) is 3.59. The Balaban J connectivity index is 2.36. The third-order valence-corrected chi connectivity index (χ3v) is 5.90. The Bertz CT molecular complexity index is 570.